The van der Waals surface area contributed by atoms with Gasteiger partial charge in [0.15, 0.2) is 0 Å². The molecule has 10 heteroatoms. The number of benzene rings is 18. The number of hydrogen-bond donors (Lipinski definition) is 5. The number of rotatable bonds is 10. The molecule has 23 aromatic rings. The van der Waals surface area contributed by atoms with Crippen LogP contribution >= 0.6 is 11.3 Å². The lowest BCUT2D eigenvalue weighted by molar-refractivity contribution is 0.660. The van der Waals surface area contributed by atoms with Crippen LogP contribution in [0.1, 0.15) is 74.9 Å². The number of anilines is 10. The van der Waals surface area contributed by atoms with Crippen molar-refractivity contribution >= 4 is 176 Å². The molecule has 612 valence electrons. The molecule has 3 aliphatic carbocycles. The van der Waals surface area contributed by atoms with Crippen molar-refractivity contribution in [2.24, 2.45) is 0 Å². The first-order valence-corrected chi connectivity index (χ1v) is 44.2. The Balaban J connectivity index is 0.0000000946. The number of furan rings is 4. The molecular weight excluding hydrogens is 1570 g/mol. The first-order chi connectivity index (χ1) is 62.2. The zero-order valence-electron chi connectivity index (χ0n) is 71.1. The van der Waals surface area contributed by atoms with Crippen molar-refractivity contribution in [3.05, 3.63) is 434 Å². The quantitative estimate of drug-likeness (QED) is 0.0914. The molecule has 5 aromatic heterocycles. The molecular formula is C117H89N5O4S. The predicted octanol–water partition coefficient (Wildman–Crippen LogP) is 34.0. The molecule has 127 heavy (non-hydrogen) atoms. The van der Waals surface area contributed by atoms with E-state index in [-0.39, 0.29) is 16.2 Å². The van der Waals surface area contributed by atoms with Gasteiger partial charge in [0.2, 0.25) is 0 Å². The molecule has 0 aliphatic heterocycles. The minimum atomic E-state index is -0.0537. The van der Waals surface area contributed by atoms with Gasteiger partial charge in [-0.1, -0.05) is 296 Å². The van der Waals surface area contributed by atoms with Gasteiger partial charge < -0.3 is 44.3 Å². The molecule has 0 spiro atoms. The zero-order chi connectivity index (χ0) is 85.5. The summed E-state index contributed by atoms with van der Waals surface area (Å²) in [5.41, 5.74) is 34.5. The lowest BCUT2D eigenvalue weighted by Crippen LogP contribution is -2.16. The monoisotopic (exact) mass is 1660 g/mol. The van der Waals surface area contributed by atoms with Crippen LogP contribution in [0.3, 0.4) is 0 Å². The second-order valence-corrected chi connectivity index (χ2v) is 35.6. The van der Waals surface area contributed by atoms with E-state index in [1.54, 1.807) is 0 Å². The molecule has 0 saturated heterocycles. The molecule has 18 aromatic carbocycles. The van der Waals surface area contributed by atoms with Gasteiger partial charge in [-0.25, -0.2) is 0 Å². The zero-order valence-corrected chi connectivity index (χ0v) is 72.0. The molecule has 5 N–H and O–H groups in total. The van der Waals surface area contributed by atoms with Crippen LogP contribution in [0, 0.1) is 0 Å². The summed E-state index contributed by atoms with van der Waals surface area (Å²) in [6.45, 7) is 13.9. The summed E-state index contributed by atoms with van der Waals surface area (Å²) in [6.07, 6.45) is 0. The van der Waals surface area contributed by atoms with Gasteiger partial charge in [-0.3, -0.25) is 0 Å². The summed E-state index contributed by atoms with van der Waals surface area (Å²) in [5.74, 6) is 0. The molecule has 0 atom stereocenters. The molecule has 26 rings (SSSR count). The van der Waals surface area contributed by atoms with Crippen molar-refractivity contribution in [2.45, 2.75) is 57.8 Å². The average Bonchev–Trinajstić information content (AvgIpc) is 1.59. The molecule has 3 aliphatic rings. The first-order valence-electron chi connectivity index (χ1n) is 43.4. The van der Waals surface area contributed by atoms with Gasteiger partial charge >= 0.3 is 0 Å². The Morgan fingerprint density at radius 1 is 0.197 bits per heavy atom. The number of para-hydroxylation sites is 6. The van der Waals surface area contributed by atoms with E-state index < -0.39 is 0 Å². The fraction of sp³-hybridized carbons (Fsp3) is 0.0769. The van der Waals surface area contributed by atoms with Crippen LogP contribution in [0.4, 0.5) is 56.9 Å². The van der Waals surface area contributed by atoms with E-state index in [9.17, 15) is 0 Å². The maximum Gasteiger partial charge on any atom is 0.137 e. The van der Waals surface area contributed by atoms with Crippen molar-refractivity contribution in [3.8, 4) is 33.4 Å². The normalized spacial score (nSPS) is 13.1. The molecule has 0 amide bonds. The standard InChI is InChI=1S/3C27H21NO.C18H13NO.C18H13NS/c1-27(2)20-12-5-3-9-17(20)18-11-7-14-22(26(18)27)28-21-13-8-16-24-25(21)19-10-4-6-15-23(19)29-24;1-27(2)19-11-5-3-9-17(19)25-20(27)12-7-13-21(25)28-22-14-8-16-24-26(22)18-10-4-6-15-23(18)29-24;1-27(2)21-10-5-3-8-18(21)20-16-17(14-15-22(20)27)28-23-11-7-13-25-26(23)19-9-4-6-12-24(19)29-25;1-2-7-13(8-3-1)19-15-10-6-12-17-18(15)14-9-4-5-11-16(14)20-17;1-2-6-13(7-3-1)19-14-10-11-18-16(12-14)15-8-4-5-9-17(15)20-18/h3*3-16,28H,1-2H3;2*1-12,19H. The average molecular weight is 1660 g/mol. The van der Waals surface area contributed by atoms with Crippen molar-refractivity contribution in [1.29, 1.82) is 0 Å². The third-order valence-electron chi connectivity index (χ3n) is 25.7. The third-order valence-corrected chi connectivity index (χ3v) is 26.8. The van der Waals surface area contributed by atoms with Gasteiger partial charge in [0.1, 0.15) is 44.7 Å². The maximum absolute atomic E-state index is 6.08. The topological polar surface area (TPSA) is 113 Å². The van der Waals surface area contributed by atoms with Gasteiger partial charge in [0, 0.05) is 97.6 Å². The van der Waals surface area contributed by atoms with E-state index in [0.29, 0.717) is 0 Å². The Morgan fingerprint density at radius 2 is 0.528 bits per heavy atom. The summed E-state index contributed by atoms with van der Waals surface area (Å²) in [4.78, 5) is 0. The Morgan fingerprint density at radius 3 is 1.06 bits per heavy atom. The predicted molar refractivity (Wildman–Crippen MR) is 536 cm³/mol. The molecule has 0 saturated carbocycles. The fourth-order valence-corrected chi connectivity index (χ4v) is 20.8. The van der Waals surface area contributed by atoms with Crippen LogP contribution < -0.4 is 26.6 Å². The van der Waals surface area contributed by atoms with Crippen LogP contribution in [-0.2, 0) is 16.2 Å². The highest BCUT2D eigenvalue weighted by Crippen LogP contribution is 2.56. The van der Waals surface area contributed by atoms with E-state index in [1.165, 1.54) is 86.9 Å². The third kappa shape index (κ3) is 13.8. The maximum atomic E-state index is 6.08. The van der Waals surface area contributed by atoms with E-state index in [2.05, 4.69) is 335 Å². The van der Waals surface area contributed by atoms with E-state index >= 15 is 0 Å². The summed E-state index contributed by atoms with van der Waals surface area (Å²) in [6, 6.07) is 139. The van der Waals surface area contributed by atoms with Gasteiger partial charge in [-0.15, -0.1) is 11.3 Å². The van der Waals surface area contributed by atoms with E-state index in [0.717, 1.165) is 145 Å². The lowest BCUT2D eigenvalue weighted by atomic mass is 9.81. The highest BCUT2D eigenvalue weighted by molar-refractivity contribution is 7.25. The Kier molecular flexibility index (Phi) is 19.3. The minimum absolute atomic E-state index is 0.00202. The Labute approximate surface area is 740 Å². The van der Waals surface area contributed by atoms with Gasteiger partial charge in [-0.2, -0.15) is 0 Å². The highest BCUT2D eigenvalue weighted by Gasteiger charge is 2.40. The molecule has 5 heterocycles. The largest absolute Gasteiger partial charge is 0.456 e. The molecule has 0 unspecified atom stereocenters. The van der Waals surface area contributed by atoms with Crippen LogP contribution in [0.15, 0.2) is 418 Å². The second kappa shape index (κ2) is 31.6. The number of fused-ring (bicyclic) bond motifs is 24. The summed E-state index contributed by atoms with van der Waals surface area (Å²) in [7, 11) is 0. The molecule has 0 bridgehead atoms. The van der Waals surface area contributed by atoms with Gasteiger partial charge in [0.05, 0.1) is 44.3 Å². The smallest absolute Gasteiger partial charge is 0.137 e. The van der Waals surface area contributed by atoms with Crippen LogP contribution in [0.2, 0.25) is 0 Å². The second-order valence-electron chi connectivity index (χ2n) is 34.5. The van der Waals surface area contributed by atoms with Crippen LogP contribution in [0.25, 0.3) is 141 Å². The van der Waals surface area contributed by atoms with Crippen LogP contribution in [-0.4, -0.2) is 0 Å². The summed E-state index contributed by atoms with van der Waals surface area (Å²) >= 11 is 1.85. The van der Waals surface area contributed by atoms with Crippen molar-refractivity contribution in [3.63, 3.8) is 0 Å². The Hall–Kier alpha value is -15.6. The number of thiophene rings is 1. The lowest BCUT2D eigenvalue weighted by Gasteiger charge is -2.25. The summed E-state index contributed by atoms with van der Waals surface area (Å²) < 4.78 is 26.8. The minimum Gasteiger partial charge on any atom is -0.456 e. The highest BCUT2D eigenvalue weighted by atomic mass is 32.1. The summed E-state index contributed by atoms with van der Waals surface area (Å²) in [5, 5.41) is 29.8. The first kappa shape index (κ1) is 77.4. The van der Waals surface area contributed by atoms with Crippen molar-refractivity contribution < 1.29 is 17.7 Å². The van der Waals surface area contributed by atoms with Gasteiger partial charge in [0.25, 0.3) is 0 Å². The van der Waals surface area contributed by atoms with E-state index in [4.69, 9.17) is 17.7 Å². The van der Waals surface area contributed by atoms with Crippen molar-refractivity contribution in [2.75, 3.05) is 26.6 Å². The molecule has 0 radical (unpaired) electrons. The Bertz CT molecular complexity index is 8180. The van der Waals surface area contributed by atoms with Gasteiger partial charge in [-0.05, 0) is 207 Å². The number of hydrogen-bond acceptors (Lipinski definition) is 10. The van der Waals surface area contributed by atoms with Crippen LogP contribution in [0.5, 0.6) is 0 Å². The number of nitrogens with one attached hydrogen (secondary N) is 5. The molecule has 0 fully saturated rings. The SMILES string of the molecule is CC1(C)c2ccccc2-c2c(Nc3cccc4oc5ccccc5c34)cccc21.CC1(C)c2ccccc2-c2cc(Nc3cccc4oc5ccccc5c34)ccc21.CC1(C)c2ccccc2-c2cccc(Nc3cccc4oc5ccccc5c34)c21.c1ccc(Nc2ccc3sc4ccccc4c3c2)cc1.c1ccc(Nc2cccc3oc4ccccc4c23)cc1. The fourth-order valence-electron chi connectivity index (χ4n) is 19.7. The molecule has 9 nitrogen and oxygen atoms in total. The van der Waals surface area contributed by atoms with Crippen molar-refractivity contribution in [1.82, 2.24) is 0 Å². The van der Waals surface area contributed by atoms with E-state index in [1.807, 2.05) is 145 Å².